The molecule has 0 saturated carbocycles. The molecule has 3 nitrogen and oxygen atoms in total. The highest BCUT2D eigenvalue weighted by Crippen LogP contribution is 2.26. The van der Waals surface area contributed by atoms with E-state index in [1.54, 1.807) is 12.1 Å². The zero-order valence-electron chi connectivity index (χ0n) is 11.6. The average molecular weight is 250 g/mol. The summed E-state index contributed by atoms with van der Waals surface area (Å²) < 4.78 is 5.85. The second-order valence-corrected chi connectivity index (χ2v) is 4.74. The lowest BCUT2D eigenvalue weighted by Gasteiger charge is -2.17. The molecule has 1 aromatic carbocycles. The lowest BCUT2D eigenvalue weighted by Crippen LogP contribution is -2.12. The first-order chi connectivity index (χ1) is 8.49. The van der Waals surface area contributed by atoms with E-state index in [0.29, 0.717) is 18.1 Å². The monoisotopic (exact) mass is 250 g/mol. The number of carboxylic acid groups (broad SMARTS) is 1. The van der Waals surface area contributed by atoms with E-state index in [2.05, 4.69) is 13.8 Å². The minimum Gasteiger partial charge on any atom is -0.493 e. The van der Waals surface area contributed by atoms with Gasteiger partial charge in [0.25, 0.3) is 0 Å². The third kappa shape index (κ3) is 3.49. The van der Waals surface area contributed by atoms with Crippen molar-refractivity contribution < 1.29 is 14.6 Å². The number of aromatic carboxylic acids is 1. The van der Waals surface area contributed by atoms with Crippen LogP contribution in [0.15, 0.2) is 12.1 Å². The summed E-state index contributed by atoms with van der Waals surface area (Å²) in [6.07, 6.45) is 2.20. The van der Waals surface area contributed by atoms with E-state index in [0.717, 1.165) is 29.7 Å². The van der Waals surface area contributed by atoms with Crippen molar-refractivity contribution in [2.45, 2.75) is 40.5 Å². The largest absolute Gasteiger partial charge is 0.493 e. The number of hydrogen-bond acceptors (Lipinski definition) is 2. The normalized spacial score (nSPS) is 10.7. The Morgan fingerprint density at radius 2 is 1.72 bits per heavy atom. The van der Waals surface area contributed by atoms with E-state index in [1.165, 1.54) is 0 Å². The molecule has 0 aliphatic rings. The van der Waals surface area contributed by atoms with Crippen LogP contribution in [0.2, 0.25) is 0 Å². The zero-order valence-corrected chi connectivity index (χ0v) is 11.6. The van der Waals surface area contributed by atoms with Crippen LogP contribution < -0.4 is 4.74 Å². The Kier molecular flexibility index (Phi) is 5.20. The molecule has 0 spiro atoms. The Balaban J connectivity index is 2.87. The maximum atomic E-state index is 10.9. The van der Waals surface area contributed by atoms with Gasteiger partial charge in [-0.2, -0.15) is 0 Å². The van der Waals surface area contributed by atoms with E-state index in [1.807, 2.05) is 13.8 Å². The summed E-state index contributed by atoms with van der Waals surface area (Å²) in [5.74, 6) is 0.489. The molecule has 18 heavy (non-hydrogen) atoms. The van der Waals surface area contributed by atoms with Crippen molar-refractivity contribution in [3.63, 3.8) is 0 Å². The van der Waals surface area contributed by atoms with E-state index in [4.69, 9.17) is 9.84 Å². The van der Waals surface area contributed by atoms with E-state index >= 15 is 0 Å². The maximum absolute atomic E-state index is 10.9. The van der Waals surface area contributed by atoms with Gasteiger partial charge in [-0.3, -0.25) is 0 Å². The molecule has 0 aliphatic heterocycles. The molecule has 0 radical (unpaired) electrons. The number of carbonyl (C=O) groups is 1. The van der Waals surface area contributed by atoms with Crippen molar-refractivity contribution in [2.24, 2.45) is 5.92 Å². The van der Waals surface area contributed by atoms with Crippen molar-refractivity contribution in [3.05, 3.63) is 28.8 Å². The Bertz CT molecular complexity index is 397. The van der Waals surface area contributed by atoms with Crippen LogP contribution in [0.25, 0.3) is 0 Å². The molecule has 0 fully saturated rings. The van der Waals surface area contributed by atoms with Crippen molar-refractivity contribution in [2.75, 3.05) is 6.61 Å². The third-order valence-corrected chi connectivity index (χ3v) is 3.33. The van der Waals surface area contributed by atoms with Crippen LogP contribution in [0.3, 0.4) is 0 Å². The van der Waals surface area contributed by atoms with Gasteiger partial charge in [0.15, 0.2) is 0 Å². The summed E-state index contributed by atoms with van der Waals surface area (Å²) >= 11 is 0. The topological polar surface area (TPSA) is 46.5 Å². The molecule has 0 aliphatic carbocycles. The molecule has 0 atom stereocenters. The second kappa shape index (κ2) is 6.43. The Morgan fingerprint density at radius 3 is 2.11 bits per heavy atom. The standard InChI is InChI=1S/C15H22O3/c1-5-12(6-2)9-18-14-10(3)7-13(15(16)17)8-11(14)4/h7-8,12H,5-6,9H2,1-4H3,(H,16,17). The quantitative estimate of drug-likeness (QED) is 0.835. The summed E-state index contributed by atoms with van der Waals surface area (Å²) in [5, 5.41) is 8.98. The van der Waals surface area contributed by atoms with Gasteiger partial charge in [-0.25, -0.2) is 4.79 Å². The summed E-state index contributed by atoms with van der Waals surface area (Å²) in [6, 6.07) is 3.33. The van der Waals surface area contributed by atoms with Gasteiger partial charge in [-0.05, 0) is 43.0 Å². The number of carboxylic acids is 1. The van der Waals surface area contributed by atoms with Gasteiger partial charge in [0.05, 0.1) is 12.2 Å². The van der Waals surface area contributed by atoms with Crippen LogP contribution in [-0.2, 0) is 0 Å². The van der Waals surface area contributed by atoms with Crippen molar-refractivity contribution in [3.8, 4) is 5.75 Å². The van der Waals surface area contributed by atoms with Crippen molar-refractivity contribution in [1.82, 2.24) is 0 Å². The number of ether oxygens (including phenoxy) is 1. The van der Waals surface area contributed by atoms with Crippen LogP contribution in [0.5, 0.6) is 5.75 Å². The molecule has 1 N–H and O–H groups in total. The van der Waals surface area contributed by atoms with Crippen molar-refractivity contribution >= 4 is 5.97 Å². The Labute approximate surface area is 109 Å². The Morgan fingerprint density at radius 1 is 1.22 bits per heavy atom. The molecular weight excluding hydrogens is 228 g/mol. The van der Waals surface area contributed by atoms with E-state index < -0.39 is 5.97 Å². The second-order valence-electron chi connectivity index (χ2n) is 4.74. The molecule has 100 valence electrons. The van der Waals surface area contributed by atoms with Crippen LogP contribution in [0.1, 0.15) is 48.2 Å². The summed E-state index contributed by atoms with van der Waals surface area (Å²) in [7, 11) is 0. The van der Waals surface area contributed by atoms with E-state index in [-0.39, 0.29) is 0 Å². The number of hydrogen-bond donors (Lipinski definition) is 1. The highest BCUT2D eigenvalue weighted by atomic mass is 16.5. The molecule has 0 aromatic heterocycles. The first kappa shape index (κ1) is 14.6. The fourth-order valence-electron chi connectivity index (χ4n) is 2.03. The van der Waals surface area contributed by atoms with Crippen LogP contribution in [0, 0.1) is 19.8 Å². The van der Waals surface area contributed by atoms with Gasteiger partial charge in [-0.15, -0.1) is 0 Å². The smallest absolute Gasteiger partial charge is 0.335 e. The van der Waals surface area contributed by atoms with Gasteiger partial charge >= 0.3 is 5.97 Å². The molecule has 0 saturated heterocycles. The first-order valence-corrected chi connectivity index (χ1v) is 6.46. The summed E-state index contributed by atoms with van der Waals surface area (Å²) in [4.78, 5) is 10.9. The third-order valence-electron chi connectivity index (χ3n) is 3.33. The predicted molar refractivity (Wildman–Crippen MR) is 72.4 cm³/mol. The SMILES string of the molecule is CCC(CC)COc1c(C)cc(C(=O)O)cc1C. The van der Waals surface area contributed by atoms with Crippen LogP contribution in [-0.4, -0.2) is 17.7 Å². The molecule has 1 rings (SSSR count). The minimum atomic E-state index is -0.896. The van der Waals surface area contributed by atoms with E-state index in [9.17, 15) is 4.79 Å². The van der Waals surface area contributed by atoms with Gasteiger partial charge in [-0.1, -0.05) is 26.7 Å². The average Bonchev–Trinajstić information content (AvgIpc) is 2.32. The van der Waals surface area contributed by atoms with Crippen molar-refractivity contribution in [1.29, 1.82) is 0 Å². The van der Waals surface area contributed by atoms with Crippen LogP contribution >= 0.6 is 0 Å². The maximum Gasteiger partial charge on any atom is 0.335 e. The Hall–Kier alpha value is -1.51. The highest BCUT2D eigenvalue weighted by molar-refractivity contribution is 5.88. The van der Waals surface area contributed by atoms with Gasteiger partial charge < -0.3 is 9.84 Å². The minimum absolute atomic E-state index is 0.319. The molecule has 3 heteroatoms. The van der Waals surface area contributed by atoms with Crippen LogP contribution in [0.4, 0.5) is 0 Å². The fourth-order valence-corrected chi connectivity index (χ4v) is 2.03. The number of benzene rings is 1. The lowest BCUT2D eigenvalue weighted by atomic mass is 10.0. The van der Waals surface area contributed by atoms with Gasteiger partial charge in [0.2, 0.25) is 0 Å². The number of aryl methyl sites for hydroxylation is 2. The lowest BCUT2D eigenvalue weighted by molar-refractivity contribution is 0.0696. The first-order valence-electron chi connectivity index (χ1n) is 6.46. The molecule has 1 aromatic rings. The zero-order chi connectivity index (χ0) is 13.7. The molecule has 0 unspecified atom stereocenters. The fraction of sp³-hybridized carbons (Fsp3) is 0.533. The van der Waals surface area contributed by atoms with Gasteiger partial charge in [0, 0.05) is 0 Å². The molecular formula is C15H22O3. The highest BCUT2D eigenvalue weighted by Gasteiger charge is 2.12. The predicted octanol–water partition coefficient (Wildman–Crippen LogP) is 3.82. The molecule has 0 amide bonds. The van der Waals surface area contributed by atoms with Gasteiger partial charge in [0.1, 0.15) is 5.75 Å². The summed E-state index contributed by atoms with van der Waals surface area (Å²) in [6.45, 7) is 8.79. The summed E-state index contributed by atoms with van der Waals surface area (Å²) in [5.41, 5.74) is 2.09. The molecule has 0 heterocycles. The number of rotatable bonds is 6. The molecule has 0 bridgehead atoms.